The molecule has 2 aliphatic heterocycles. The maximum absolute atomic E-state index is 5.60. The molecule has 3 heterocycles. The van der Waals surface area contributed by atoms with Crippen LogP contribution in [0.1, 0.15) is 42.6 Å². The minimum absolute atomic E-state index is 0.344. The fraction of sp³-hybridized carbons (Fsp3) is 0.625. The summed E-state index contributed by atoms with van der Waals surface area (Å²) >= 11 is 0. The Labute approximate surface area is 186 Å². The second kappa shape index (κ2) is 10.6. The quantitative estimate of drug-likeness (QED) is 0.699. The molecule has 1 aromatic heterocycles. The Morgan fingerprint density at radius 2 is 1.61 bits per heavy atom. The van der Waals surface area contributed by atoms with E-state index in [2.05, 4.69) is 71.0 Å². The summed E-state index contributed by atoms with van der Waals surface area (Å²) in [5.74, 6) is 1.63. The van der Waals surface area contributed by atoms with Crippen molar-refractivity contribution in [1.82, 2.24) is 20.0 Å². The minimum atomic E-state index is 0.344. The van der Waals surface area contributed by atoms with Crippen LogP contribution in [0.3, 0.4) is 0 Å². The molecular formula is C24H37N5O2. The van der Waals surface area contributed by atoms with Crippen LogP contribution in [0.25, 0.3) is 0 Å². The lowest BCUT2D eigenvalue weighted by atomic mass is 10.0. The van der Waals surface area contributed by atoms with E-state index < -0.39 is 0 Å². The predicted molar refractivity (Wildman–Crippen MR) is 124 cm³/mol. The third-order valence-electron chi connectivity index (χ3n) is 6.31. The van der Waals surface area contributed by atoms with Crippen molar-refractivity contribution >= 4 is 5.82 Å². The van der Waals surface area contributed by atoms with Gasteiger partial charge in [0.05, 0.1) is 32.1 Å². The Hall–Kier alpha value is -1.93. The Balaban J connectivity index is 1.51. The molecule has 0 bridgehead atoms. The summed E-state index contributed by atoms with van der Waals surface area (Å²) in [6, 6.07) is 11.2. The molecular weight excluding hydrogens is 390 g/mol. The van der Waals surface area contributed by atoms with Gasteiger partial charge in [0, 0.05) is 57.9 Å². The smallest absolute Gasteiger partial charge is 0.131 e. The molecule has 1 unspecified atom stereocenters. The van der Waals surface area contributed by atoms with Gasteiger partial charge in [-0.2, -0.15) is 5.10 Å². The maximum atomic E-state index is 5.60. The standard InChI is InChI=1S/C24H37N5O2/c1-19(2)23-21(24(27(3)26-23)29-11-15-31-16-12-29)17-25-18-22(20-7-5-4-6-8-20)28-9-13-30-14-10-28/h4-8,19,22,25H,9-18H2,1-3H3. The lowest BCUT2D eigenvalue weighted by Crippen LogP contribution is -2.43. The summed E-state index contributed by atoms with van der Waals surface area (Å²) in [5, 5.41) is 8.69. The molecule has 31 heavy (non-hydrogen) atoms. The van der Waals surface area contributed by atoms with Crippen LogP contribution in [-0.4, -0.2) is 73.8 Å². The SMILES string of the molecule is CC(C)c1nn(C)c(N2CCOCC2)c1CNCC(c1ccccc1)N1CCOCC1. The number of hydrogen-bond acceptors (Lipinski definition) is 6. The first-order valence-electron chi connectivity index (χ1n) is 11.6. The van der Waals surface area contributed by atoms with Crippen LogP contribution in [0, 0.1) is 0 Å². The first-order chi connectivity index (χ1) is 15.1. The summed E-state index contributed by atoms with van der Waals surface area (Å²) in [6.45, 7) is 13.2. The summed E-state index contributed by atoms with van der Waals surface area (Å²) in [6.07, 6.45) is 0. The fourth-order valence-corrected chi connectivity index (χ4v) is 4.74. The monoisotopic (exact) mass is 427 g/mol. The summed E-state index contributed by atoms with van der Waals surface area (Å²) < 4.78 is 13.2. The normalized spacial score (nSPS) is 19.2. The van der Waals surface area contributed by atoms with Crippen molar-refractivity contribution in [2.75, 3.05) is 64.1 Å². The summed E-state index contributed by atoms with van der Waals surface area (Å²) in [5.41, 5.74) is 3.88. The minimum Gasteiger partial charge on any atom is -0.379 e. The van der Waals surface area contributed by atoms with Gasteiger partial charge in [0.25, 0.3) is 0 Å². The Bertz CT molecular complexity index is 811. The van der Waals surface area contributed by atoms with Crippen molar-refractivity contribution in [1.29, 1.82) is 0 Å². The third kappa shape index (κ3) is 5.29. The zero-order chi connectivity index (χ0) is 21.6. The number of nitrogens with one attached hydrogen (secondary N) is 1. The molecule has 4 rings (SSSR count). The van der Waals surface area contributed by atoms with Crippen molar-refractivity contribution in [2.24, 2.45) is 7.05 Å². The maximum Gasteiger partial charge on any atom is 0.131 e. The van der Waals surface area contributed by atoms with E-state index in [0.717, 1.165) is 65.7 Å². The molecule has 0 aliphatic carbocycles. The van der Waals surface area contributed by atoms with Crippen LogP contribution in [0.4, 0.5) is 5.82 Å². The molecule has 7 heteroatoms. The fourth-order valence-electron chi connectivity index (χ4n) is 4.74. The topological polar surface area (TPSA) is 54.8 Å². The molecule has 7 nitrogen and oxygen atoms in total. The molecule has 1 atom stereocenters. The molecule has 0 saturated carbocycles. The molecule has 0 spiro atoms. The van der Waals surface area contributed by atoms with E-state index in [-0.39, 0.29) is 0 Å². The van der Waals surface area contributed by atoms with Crippen molar-refractivity contribution in [3.8, 4) is 0 Å². The van der Waals surface area contributed by atoms with E-state index >= 15 is 0 Å². The van der Waals surface area contributed by atoms with Crippen molar-refractivity contribution in [3.63, 3.8) is 0 Å². The molecule has 2 fully saturated rings. The lowest BCUT2D eigenvalue weighted by molar-refractivity contribution is 0.0161. The van der Waals surface area contributed by atoms with E-state index in [0.29, 0.717) is 12.0 Å². The van der Waals surface area contributed by atoms with E-state index in [1.807, 2.05) is 0 Å². The first kappa shape index (κ1) is 22.3. The third-order valence-corrected chi connectivity index (χ3v) is 6.31. The van der Waals surface area contributed by atoms with Gasteiger partial charge in [-0.15, -0.1) is 0 Å². The van der Waals surface area contributed by atoms with Crippen LogP contribution >= 0.6 is 0 Å². The molecule has 0 radical (unpaired) electrons. The van der Waals surface area contributed by atoms with Crippen LogP contribution in [0.2, 0.25) is 0 Å². The van der Waals surface area contributed by atoms with Crippen molar-refractivity contribution in [3.05, 3.63) is 47.2 Å². The largest absolute Gasteiger partial charge is 0.379 e. The van der Waals surface area contributed by atoms with Crippen molar-refractivity contribution in [2.45, 2.75) is 32.4 Å². The number of nitrogens with zero attached hydrogens (tertiary/aromatic N) is 4. The van der Waals surface area contributed by atoms with E-state index in [1.54, 1.807) is 0 Å². The zero-order valence-electron chi connectivity index (χ0n) is 19.2. The van der Waals surface area contributed by atoms with Crippen LogP contribution < -0.4 is 10.2 Å². The van der Waals surface area contributed by atoms with Crippen molar-refractivity contribution < 1.29 is 9.47 Å². The second-order valence-electron chi connectivity index (χ2n) is 8.77. The average Bonchev–Trinajstić information content (AvgIpc) is 3.15. The highest BCUT2D eigenvalue weighted by molar-refractivity contribution is 5.51. The number of hydrogen-bond donors (Lipinski definition) is 1. The van der Waals surface area contributed by atoms with E-state index in [9.17, 15) is 0 Å². The van der Waals surface area contributed by atoms with Gasteiger partial charge >= 0.3 is 0 Å². The average molecular weight is 428 g/mol. The van der Waals surface area contributed by atoms with Gasteiger partial charge in [0.2, 0.25) is 0 Å². The van der Waals surface area contributed by atoms with Crippen LogP contribution in [-0.2, 0) is 23.1 Å². The number of aromatic nitrogens is 2. The van der Waals surface area contributed by atoms with Crippen LogP contribution in [0.15, 0.2) is 30.3 Å². The van der Waals surface area contributed by atoms with Gasteiger partial charge in [-0.25, -0.2) is 0 Å². The molecule has 2 aromatic rings. The number of benzene rings is 1. The summed E-state index contributed by atoms with van der Waals surface area (Å²) in [4.78, 5) is 4.97. The Morgan fingerprint density at radius 1 is 0.968 bits per heavy atom. The second-order valence-corrected chi connectivity index (χ2v) is 8.77. The Kier molecular flexibility index (Phi) is 7.61. The van der Waals surface area contributed by atoms with E-state index in [4.69, 9.17) is 14.6 Å². The molecule has 2 saturated heterocycles. The highest BCUT2D eigenvalue weighted by atomic mass is 16.5. The molecule has 1 N–H and O–H groups in total. The molecule has 1 aromatic carbocycles. The molecule has 2 aliphatic rings. The molecule has 170 valence electrons. The Morgan fingerprint density at radius 3 is 2.26 bits per heavy atom. The van der Waals surface area contributed by atoms with Crippen LogP contribution in [0.5, 0.6) is 0 Å². The van der Waals surface area contributed by atoms with Gasteiger partial charge in [-0.05, 0) is 11.5 Å². The highest BCUT2D eigenvalue weighted by Crippen LogP contribution is 2.29. The van der Waals surface area contributed by atoms with Gasteiger partial charge in [-0.1, -0.05) is 44.2 Å². The first-order valence-corrected chi connectivity index (χ1v) is 11.6. The number of morpholine rings is 2. The highest BCUT2D eigenvalue weighted by Gasteiger charge is 2.26. The number of anilines is 1. The zero-order valence-corrected chi connectivity index (χ0v) is 19.2. The van der Waals surface area contributed by atoms with Gasteiger partial charge in [-0.3, -0.25) is 9.58 Å². The van der Waals surface area contributed by atoms with Gasteiger partial charge < -0.3 is 19.7 Å². The number of rotatable bonds is 8. The predicted octanol–water partition coefficient (Wildman–Crippen LogP) is 2.54. The van der Waals surface area contributed by atoms with E-state index in [1.165, 1.54) is 22.6 Å². The number of ether oxygens (including phenoxy) is 2. The van der Waals surface area contributed by atoms with Gasteiger partial charge in [0.1, 0.15) is 5.82 Å². The van der Waals surface area contributed by atoms with Gasteiger partial charge in [0.15, 0.2) is 0 Å². The lowest BCUT2D eigenvalue weighted by Gasteiger charge is -2.35. The molecule has 0 amide bonds. The number of aryl methyl sites for hydroxylation is 1. The summed E-state index contributed by atoms with van der Waals surface area (Å²) in [7, 11) is 2.07.